The number of hydrogen-bond acceptors (Lipinski definition) is 2. The van der Waals surface area contributed by atoms with E-state index in [2.05, 4.69) is 255 Å². The van der Waals surface area contributed by atoms with Crippen LogP contribution in [0.5, 0.6) is 0 Å². The standard InChI is InChI=1S/C61H58N2.2BrH.Ni/c1-37(2)49-15-12-16-50(38(3)4)58(49)62-60-51-17-10-13-44-14-11-18-52(57(44)51)61(60)63-59-53(55(45-27-19-39(5)20-28-45)46-29-21-40(6)22-30-46)35-43(9)36-54(59)56(47-31-23-41(7)24-32-47)48-33-25-42(8)26-34-48;;;/h10-38,55-56H,1-9H3;2*1H;/q;;;+2/p-2. The van der Waals surface area contributed by atoms with Crippen LogP contribution in [-0.2, 0) is 10.9 Å². The molecular formula is C61H58Br2N2Ni. The molecule has 0 radical (unpaired) electrons. The minimum absolute atomic E-state index is 0.0879. The van der Waals surface area contributed by atoms with Gasteiger partial charge in [0.2, 0.25) is 0 Å². The van der Waals surface area contributed by atoms with Gasteiger partial charge in [-0.1, -0.05) is 219 Å². The van der Waals surface area contributed by atoms with Crippen LogP contribution in [0.15, 0.2) is 174 Å². The van der Waals surface area contributed by atoms with Crippen LogP contribution in [0, 0.1) is 34.6 Å². The average Bonchev–Trinajstić information content (AvgIpc) is 3.60. The van der Waals surface area contributed by atoms with Crippen LogP contribution in [0.1, 0.15) is 135 Å². The fraction of sp³-hybridized carbons (Fsp3) is 0.213. The first-order valence-corrected chi connectivity index (χ1v) is 27.8. The molecule has 0 aromatic heterocycles. The van der Waals surface area contributed by atoms with Crippen molar-refractivity contribution in [3.8, 4) is 0 Å². The third kappa shape index (κ3) is 9.91. The quantitative estimate of drug-likeness (QED) is 0.0963. The summed E-state index contributed by atoms with van der Waals surface area (Å²) in [5.74, 6) is 0.422. The summed E-state index contributed by atoms with van der Waals surface area (Å²) in [4.78, 5) is 12.0. The Labute approximate surface area is 413 Å². The van der Waals surface area contributed by atoms with Gasteiger partial charge in [0.05, 0.1) is 22.8 Å². The van der Waals surface area contributed by atoms with Crippen molar-refractivity contribution >= 4 is 62.0 Å². The Kier molecular flexibility index (Phi) is 14.9. The topological polar surface area (TPSA) is 24.7 Å². The predicted molar refractivity (Wildman–Crippen MR) is 287 cm³/mol. The van der Waals surface area contributed by atoms with Crippen molar-refractivity contribution in [2.24, 2.45) is 9.98 Å². The Morgan fingerprint density at radius 2 is 0.682 bits per heavy atom. The number of benzene rings is 8. The SMILES string of the molecule is Cc1ccc(C(c2ccc(C)cc2)c2cc(C)cc(C(c3ccc(C)cc3)c3ccc(C)cc3)c2N=C2C(=Nc3c(C(C)C)cccc3C(C)C)c3cccc4cccc2c34)cc1.[Br][Ni][Br]. The van der Waals surface area contributed by atoms with Crippen LogP contribution in [0.4, 0.5) is 11.4 Å². The normalized spacial score (nSPS) is 13.5. The maximum atomic E-state index is 6.17. The molecule has 0 amide bonds. The molecule has 66 heavy (non-hydrogen) atoms. The van der Waals surface area contributed by atoms with Crippen molar-refractivity contribution in [1.29, 1.82) is 0 Å². The molecule has 0 bridgehead atoms. The molecule has 1 aliphatic carbocycles. The van der Waals surface area contributed by atoms with Crippen molar-refractivity contribution < 1.29 is 10.9 Å². The van der Waals surface area contributed by atoms with E-state index in [4.69, 9.17) is 9.98 Å². The molecule has 1 aliphatic rings. The van der Waals surface area contributed by atoms with Gasteiger partial charge in [-0.3, -0.25) is 0 Å². The van der Waals surface area contributed by atoms with Crippen molar-refractivity contribution in [3.05, 3.63) is 247 Å². The summed E-state index contributed by atoms with van der Waals surface area (Å²) in [6.07, 6.45) is 0. The Morgan fingerprint density at radius 1 is 0.379 bits per heavy atom. The number of para-hydroxylation sites is 1. The zero-order valence-electron chi connectivity index (χ0n) is 39.4. The van der Waals surface area contributed by atoms with E-state index in [9.17, 15) is 0 Å². The molecule has 2 nitrogen and oxygen atoms in total. The molecule has 0 saturated carbocycles. The fourth-order valence-electron chi connectivity index (χ4n) is 9.63. The summed E-state index contributed by atoms with van der Waals surface area (Å²) in [7, 11) is 1.25. The summed E-state index contributed by atoms with van der Waals surface area (Å²) < 4.78 is 0. The second kappa shape index (κ2) is 20.8. The van der Waals surface area contributed by atoms with Gasteiger partial charge in [-0.15, -0.1) is 0 Å². The second-order valence-electron chi connectivity index (χ2n) is 18.6. The number of halogens is 2. The molecule has 0 saturated heterocycles. The summed E-state index contributed by atoms with van der Waals surface area (Å²) in [5.41, 5.74) is 22.2. The van der Waals surface area contributed by atoms with E-state index in [1.807, 2.05) is 0 Å². The van der Waals surface area contributed by atoms with Gasteiger partial charge in [0, 0.05) is 28.3 Å². The molecule has 0 aliphatic heterocycles. The van der Waals surface area contributed by atoms with Gasteiger partial charge in [-0.05, 0) is 96.3 Å². The van der Waals surface area contributed by atoms with Gasteiger partial charge < -0.3 is 0 Å². The van der Waals surface area contributed by atoms with Gasteiger partial charge >= 0.3 is 39.3 Å². The van der Waals surface area contributed by atoms with E-state index >= 15 is 0 Å². The van der Waals surface area contributed by atoms with E-state index in [1.54, 1.807) is 0 Å². The van der Waals surface area contributed by atoms with Crippen molar-refractivity contribution in [1.82, 2.24) is 0 Å². The van der Waals surface area contributed by atoms with Crippen LogP contribution in [0.25, 0.3) is 10.8 Å². The Morgan fingerprint density at radius 3 is 1.00 bits per heavy atom. The third-order valence-corrected chi connectivity index (χ3v) is 13.0. The molecular weight excluding hydrogens is 979 g/mol. The van der Waals surface area contributed by atoms with Crippen LogP contribution in [0.3, 0.4) is 0 Å². The average molecular weight is 1040 g/mol. The summed E-state index contributed by atoms with van der Waals surface area (Å²) in [5, 5.41) is 2.41. The Balaban J connectivity index is 0.00000192. The molecule has 0 atom stereocenters. The van der Waals surface area contributed by atoms with Gasteiger partial charge in [0.25, 0.3) is 0 Å². The number of aryl methyl sites for hydroxylation is 5. The molecule has 0 fully saturated rings. The maximum absolute atomic E-state index is 6.17. The zero-order valence-corrected chi connectivity index (χ0v) is 43.5. The van der Waals surface area contributed by atoms with Gasteiger partial charge in [0.15, 0.2) is 0 Å². The molecule has 5 heteroatoms. The fourth-order valence-corrected chi connectivity index (χ4v) is 9.63. The molecule has 0 unspecified atom stereocenters. The van der Waals surface area contributed by atoms with E-state index in [0.29, 0.717) is 11.8 Å². The van der Waals surface area contributed by atoms with Crippen LogP contribution < -0.4 is 0 Å². The van der Waals surface area contributed by atoms with Crippen molar-refractivity contribution in [2.45, 2.75) is 86.0 Å². The molecule has 0 heterocycles. The first-order chi connectivity index (χ1) is 31.9. The molecule has 0 spiro atoms. The van der Waals surface area contributed by atoms with Crippen LogP contribution >= 0.6 is 28.5 Å². The predicted octanol–water partition coefficient (Wildman–Crippen LogP) is 17.9. The number of hydrogen-bond donors (Lipinski definition) is 0. The Hall–Kier alpha value is -5.19. The van der Waals surface area contributed by atoms with Crippen molar-refractivity contribution in [2.75, 3.05) is 0 Å². The first-order valence-electron chi connectivity index (χ1n) is 22.9. The zero-order chi connectivity index (χ0) is 46.6. The van der Waals surface area contributed by atoms with E-state index < -0.39 is 0 Å². The Bertz CT molecular complexity index is 2820. The number of aliphatic imine (C=N–C) groups is 2. The third-order valence-electron chi connectivity index (χ3n) is 13.0. The van der Waals surface area contributed by atoms with Crippen LogP contribution in [0.2, 0.25) is 0 Å². The van der Waals surface area contributed by atoms with Gasteiger partial charge in [0.1, 0.15) is 0 Å². The first kappa shape index (κ1) is 47.3. The molecule has 0 N–H and O–H groups in total. The minimum atomic E-state index is -0.0879. The molecule has 336 valence electrons. The summed E-state index contributed by atoms with van der Waals surface area (Å²) >= 11 is 6.00. The number of rotatable bonds is 10. The molecule has 9 rings (SSSR count). The number of nitrogens with zero attached hydrogens (tertiary/aromatic N) is 2. The molecule has 8 aromatic carbocycles. The van der Waals surface area contributed by atoms with E-state index in [0.717, 1.165) is 33.9 Å². The van der Waals surface area contributed by atoms with Crippen LogP contribution in [-0.4, -0.2) is 11.4 Å². The van der Waals surface area contributed by atoms with Gasteiger partial charge in [-0.2, -0.15) is 0 Å². The van der Waals surface area contributed by atoms with E-state index in [1.165, 1.54) is 94.0 Å². The molecule has 8 aromatic rings. The summed E-state index contributed by atoms with van der Waals surface area (Å²) in [6, 6.07) is 61.3. The monoisotopic (exact) mass is 1030 g/mol. The summed E-state index contributed by atoms with van der Waals surface area (Å²) in [6.45, 7) is 20.0. The second-order valence-corrected chi connectivity index (χ2v) is 23.6. The van der Waals surface area contributed by atoms with Crippen molar-refractivity contribution in [3.63, 3.8) is 0 Å². The van der Waals surface area contributed by atoms with Gasteiger partial charge in [-0.25, -0.2) is 9.98 Å². The van der Waals surface area contributed by atoms with E-state index in [-0.39, 0.29) is 11.8 Å².